The Balaban J connectivity index is 2.65. The number of carbonyl (C=O) groups is 1. The molecule has 0 saturated heterocycles. The predicted molar refractivity (Wildman–Crippen MR) is 75.2 cm³/mol. The van der Waals surface area contributed by atoms with E-state index in [9.17, 15) is 4.79 Å². The summed E-state index contributed by atoms with van der Waals surface area (Å²) < 4.78 is 2.13. The molecule has 5 heteroatoms. The highest BCUT2D eigenvalue weighted by Crippen LogP contribution is 2.26. The Labute approximate surface area is 118 Å². The second kappa shape index (κ2) is 6.52. The maximum atomic E-state index is 10.5. The van der Waals surface area contributed by atoms with Gasteiger partial charge in [0.2, 0.25) is 0 Å². The van der Waals surface area contributed by atoms with Crippen molar-refractivity contribution in [1.29, 1.82) is 0 Å². The van der Waals surface area contributed by atoms with Crippen LogP contribution in [0.3, 0.4) is 0 Å². The largest absolute Gasteiger partial charge is 0.481 e. The zero-order valence-electron chi connectivity index (χ0n) is 9.83. The first-order valence-corrected chi connectivity index (χ1v) is 6.83. The fraction of sp³-hybridized carbons (Fsp3) is 0.417. The Morgan fingerprint density at radius 3 is 2.35 bits per heavy atom. The molecular formula is C12H15Br2NO2. The van der Waals surface area contributed by atoms with E-state index in [-0.39, 0.29) is 6.42 Å². The third-order valence-electron chi connectivity index (χ3n) is 2.50. The van der Waals surface area contributed by atoms with Gasteiger partial charge in [0.05, 0.1) is 6.42 Å². The van der Waals surface area contributed by atoms with Gasteiger partial charge in [-0.05, 0) is 37.2 Å². The molecule has 94 valence electrons. The molecule has 17 heavy (non-hydrogen) atoms. The lowest BCUT2D eigenvalue weighted by Crippen LogP contribution is -2.21. The summed E-state index contributed by atoms with van der Waals surface area (Å²) in [6, 6.07) is 4.13. The molecule has 1 N–H and O–H groups in total. The molecule has 1 aromatic rings. The minimum absolute atomic E-state index is 0.171. The van der Waals surface area contributed by atoms with E-state index < -0.39 is 5.97 Å². The predicted octanol–water partition coefficient (Wildman–Crippen LogP) is 3.43. The van der Waals surface area contributed by atoms with Gasteiger partial charge < -0.3 is 10.0 Å². The number of rotatable bonds is 5. The summed E-state index contributed by atoms with van der Waals surface area (Å²) in [6.07, 6.45) is 0.171. The molecule has 3 nitrogen and oxygen atoms in total. The maximum Gasteiger partial charge on any atom is 0.304 e. The van der Waals surface area contributed by atoms with Crippen LogP contribution in [0.5, 0.6) is 0 Å². The highest BCUT2D eigenvalue weighted by atomic mass is 79.9. The Kier molecular flexibility index (Phi) is 5.62. The van der Waals surface area contributed by atoms with Crippen molar-refractivity contribution in [2.45, 2.75) is 19.9 Å². The van der Waals surface area contributed by atoms with E-state index >= 15 is 0 Å². The average molecular weight is 365 g/mol. The van der Waals surface area contributed by atoms with Crippen LogP contribution in [-0.4, -0.2) is 29.6 Å². The number of carboxylic acid groups (broad SMARTS) is 1. The lowest BCUT2D eigenvalue weighted by molar-refractivity contribution is -0.137. The van der Waals surface area contributed by atoms with Crippen molar-refractivity contribution in [1.82, 2.24) is 4.90 Å². The summed E-state index contributed by atoms with van der Waals surface area (Å²) in [5.74, 6) is -0.761. The smallest absolute Gasteiger partial charge is 0.304 e. The van der Waals surface area contributed by atoms with Gasteiger partial charge in [-0.15, -0.1) is 0 Å². The van der Waals surface area contributed by atoms with Crippen molar-refractivity contribution in [3.63, 3.8) is 0 Å². The van der Waals surface area contributed by atoms with Crippen LogP contribution in [0.2, 0.25) is 0 Å². The van der Waals surface area contributed by atoms with Crippen molar-refractivity contribution in [3.8, 4) is 0 Å². The normalized spacial score (nSPS) is 10.9. The van der Waals surface area contributed by atoms with Crippen LogP contribution < -0.4 is 0 Å². The zero-order chi connectivity index (χ0) is 13.0. The van der Waals surface area contributed by atoms with E-state index in [2.05, 4.69) is 44.0 Å². The molecule has 0 amide bonds. The highest BCUT2D eigenvalue weighted by molar-refractivity contribution is 9.11. The number of nitrogens with zero attached hydrogens (tertiary/aromatic N) is 1. The Bertz CT molecular complexity index is 398. The first-order valence-electron chi connectivity index (χ1n) is 5.25. The van der Waals surface area contributed by atoms with Crippen LogP contribution in [0.1, 0.15) is 17.5 Å². The van der Waals surface area contributed by atoms with Crippen molar-refractivity contribution in [3.05, 3.63) is 32.2 Å². The first-order chi connectivity index (χ1) is 7.90. The SMILES string of the molecule is Cc1c(Br)cc(CN(C)CCC(=O)O)cc1Br. The molecule has 1 rings (SSSR count). The first kappa shape index (κ1) is 14.7. The van der Waals surface area contributed by atoms with Crippen LogP contribution in [0.4, 0.5) is 0 Å². The van der Waals surface area contributed by atoms with Gasteiger partial charge in [-0.2, -0.15) is 0 Å². The van der Waals surface area contributed by atoms with Gasteiger partial charge in [0, 0.05) is 22.0 Å². The van der Waals surface area contributed by atoms with Crippen molar-refractivity contribution >= 4 is 37.8 Å². The van der Waals surface area contributed by atoms with Gasteiger partial charge in [0.25, 0.3) is 0 Å². The van der Waals surface area contributed by atoms with E-state index in [0.29, 0.717) is 6.54 Å². The number of hydrogen-bond donors (Lipinski definition) is 1. The van der Waals surface area contributed by atoms with Gasteiger partial charge in [-0.3, -0.25) is 4.79 Å². The fourth-order valence-corrected chi connectivity index (χ4v) is 2.75. The van der Waals surface area contributed by atoms with Crippen molar-refractivity contribution in [2.24, 2.45) is 0 Å². The Morgan fingerprint density at radius 1 is 1.35 bits per heavy atom. The summed E-state index contributed by atoms with van der Waals surface area (Å²) in [4.78, 5) is 12.5. The number of carboxylic acids is 1. The molecule has 0 atom stereocenters. The minimum Gasteiger partial charge on any atom is -0.481 e. The van der Waals surface area contributed by atoms with Gasteiger partial charge in [-0.25, -0.2) is 0 Å². The monoisotopic (exact) mass is 363 g/mol. The fourth-order valence-electron chi connectivity index (χ4n) is 1.47. The maximum absolute atomic E-state index is 10.5. The van der Waals surface area contributed by atoms with E-state index in [1.807, 2.05) is 18.9 Å². The van der Waals surface area contributed by atoms with Crippen LogP contribution in [-0.2, 0) is 11.3 Å². The van der Waals surface area contributed by atoms with Crippen LogP contribution in [0.25, 0.3) is 0 Å². The van der Waals surface area contributed by atoms with Gasteiger partial charge in [-0.1, -0.05) is 31.9 Å². The zero-order valence-corrected chi connectivity index (χ0v) is 13.0. The number of halogens is 2. The minimum atomic E-state index is -0.761. The third-order valence-corrected chi connectivity index (χ3v) is 4.15. The summed E-state index contributed by atoms with van der Waals surface area (Å²) in [7, 11) is 1.92. The summed E-state index contributed by atoms with van der Waals surface area (Å²) >= 11 is 7.01. The van der Waals surface area contributed by atoms with Crippen LogP contribution in [0, 0.1) is 6.92 Å². The van der Waals surface area contributed by atoms with E-state index in [0.717, 1.165) is 21.1 Å². The van der Waals surface area contributed by atoms with Gasteiger partial charge in [0.1, 0.15) is 0 Å². The second-order valence-electron chi connectivity index (χ2n) is 4.07. The second-order valence-corrected chi connectivity index (χ2v) is 5.77. The third kappa shape index (κ3) is 4.77. The van der Waals surface area contributed by atoms with Crippen molar-refractivity contribution in [2.75, 3.05) is 13.6 Å². The molecule has 0 fully saturated rings. The molecule has 0 aliphatic heterocycles. The molecule has 0 aliphatic carbocycles. The van der Waals surface area contributed by atoms with Crippen LogP contribution in [0.15, 0.2) is 21.1 Å². The van der Waals surface area contributed by atoms with E-state index in [1.165, 1.54) is 5.56 Å². The van der Waals surface area contributed by atoms with E-state index in [1.54, 1.807) is 0 Å². The number of hydrogen-bond acceptors (Lipinski definition) is 2. The average Bonchev–Trinajstić information content (AvgIpc) is 2.23. The highest BCUT2D eigenvalue weighted by Gasteiger charge is 2.07. The standard InChI is InChI=1S/C12H15Br2NO2/c1-8-10(13)5-9(6-11(8)14)7-15(2)4-3-12(16)17/h5-6H,3-4,7H2,1-2H3,(H,16,17). The van der Waals surface area contributed by atoms with Crippen molar-refractivity contribution < 1.29 is 9.90 Å². The van der Waals surface area contributed by atoms with Gasteiger partial charge in [0.15, 0.2) is 0 Å². The quantitative estimate of drug-likeness (QED) is 0.870. The summed E-state index contributed by atoms with van der Waals surface area (Å²) in [5, 5.41) is 8.61. The molecule has 0 bridgehead atoms. The number of aliphatic carboxylic acids is 1. The van der Waals surface area contributed by atoms with Gasteiger partial charge >= 0.3 is 5.97 Å². The molecule has 0 spiro atoms. The van der Waals surface area contributed by atoms with E-state index in [4.69, 9.17) is 5.11 Å². The summed E-state index contributed by atoms with van der Waals surface area (Å²) in [5.41, 5.74) is 2.32. The molecule has 0 saturated carbocycles. The Morgan fingerprint density at radius 2 is 1.88 bits per heavy atom. The summed E-state index contributed by atoms with van der Waals surface area (Å²) in [6.45, 7) is 3.33. The number of benzene rings is 1. The molecule has 0 radical (unpaired) electrons. The molecule has 0 unspecified atom stereocenters. The Hall–Kier alpha value is -0.390. The molecular weight excluding hydrogens is 350 g/mol. The van der Waals surface area contributed by atoms with Crippen LogP contribution >= 0.6 is 31.9 Å². The topological polar surface area (TPSA) is 40.5 Å². The lowest BCUT2D eigenvalue weighted by atomic mass is 10.1. The molecule has 0 aliphatic rings. The lowest BCUT2D eigenvalue weighted by Gasteiger charge is -2.16. The molecule has 1 aromatic carbocycles. The molecule has 0 heterocycles. The molecule has 0 aromatic heterocycles.